The molecule has 6 rings (SSSR count). The van der Waals surface area contributed by atoms with Gasteiger partial charge in [-0.2, -0.15) is 0 Å². The van der Waals surface area contributed by atoms with E-state index < -0.39 is 0 Å². The zero-order chi connectivity index (χ0) is 19.9. The Morgan fingerprint density at radius 1 is 0.433 bits per heavy atom. The first-order chi connectivity index (χ1) is 14.9. The summed E-state index contributed by atoms with van der Waals surface area (Å²) in [6, 6.07) is 40.8. The van der Waals surface area contributed by atoms with Crippen LogP contribution < -0.4 is 0 Å². The fourth-order valence-corrected chi connectivity index (χ4v) is 4.35. The van der Waals surface area contributed by atoms with Crippen LogP contribution in [0.2, 0.25) is 0 Å². The first-order valence-corrected chi connectivity index (χ1v) is 10.2. The summed E-state index contributed by atoms with van der Waals surface area (Å²) in [5, 5.41) is 6.26. The van der Waals surface area contributed by atoms with Crippen molar-refractivity contribution in [2.75, 3.05) is 0 Å². The fourth-order valence-electron chi connectivity index (χ4n) is 4.35. The van der Waals surface area contributed by atoms with E-state index in [4.69, 9.17) is 4.98 Å². The van der Waals surface area contributed by atoms with Gasteiger partial charge in [-0.25, -0.2) is 4.98 Å². The molecule has 1 heteroatoms. The second-order valence-electron chi connectivity index (χ2n) is 7.66. The lowest BCUT2D eigenvalue weighted by Gasteiger charge is -2.11. The third-order valence-electron chi connectivity index (χ3n) is 5.84. The number of benzene rings is 5. The Balaban J connectivity index is 1.59. The first-order valence-electron chi connectivity index (χ1n) is 10.2. The van der Waals surface area contributed by atoms with Crippen LogP contribution in [-0.4, -0.2) is 4.98 Å². The van der Waals surface area contributed by atoms with Crippen molar-refractivity contribution in [3.8, 4) is 22.4 Å². The molecule has 0 aliphatic heterocycles. The molecule has 0 radical (unpaired) electrons. The number of pyridine rings is 1. The molecule has 1 nitrogen and oxygen atoms in total. The minimum atomic E-state index is 1.00. The van der Waals surface area contributed by atoms with E-state index in [2.05, 4.69) is 115 Å². The molecule has 0 fully saturated rings. The van der Waals surface area contributed by atoms with Gasteiger partial charge in [-0.1, -0.05) is 97.1 Å². The molecule has 0 bridgehead atoms. The van der Waals surface area contributed by atoms with E-state index in [-0.39, 0.29) is 0 Å². The number of hydrogen-bond donors (Lipinski definition) is 0. The van der Waals surface area contributed by atoms with E-state index >= 15 is 0 Å². The summed E-state index contributed by atoms with van der Waals surface area (Å²) in [5.41, 5.74) is 5.59. The van der Waals surface area contributed by atoms with E-state index in [0.717, 1.165) is 16.8 Å². The van der Waals surface area contributed by atoms with Crippen LogP contribution in [0.4, 0.5) is 0 Å². The average Bonchev–Trinajstić information content (AvgIpc) is 2.83. The van der Waals surface area contributed by atoms with Gasteiger partial charge in [-0.05, 0) is 50.9 Å². The SMILES string of the molecule is c1ccc(-c2cc(-c3ccc4c(ccc5ccccc54)c3)nc3ccccc23)cc1. The highest BCUT2D eigenvalue weighted by atomic mass is 14.7. The van der Waals surface area contributed by atoms with E-state index in [1.807, 2.05) is 0 Å². The van der Waals surface area contributed by atoms with Crippen molar-refractivity contribution in [3.63, 3.8) is 0 Å². The summed E-state index contributed by atoms with van der Waals surface area (Å²) < 4.78 is 0. The molecule has 0 saturated carbocycles. The maximum absolute atomic E-state index is 5.00. The summed E-state index contributed by atoms with van der Waals surface area (Å²) in [5.74, 6) is 0. The number of rotatable bonds is 2. The van der Waals surface area contributed by atoms with Gasteiger partial charge in [0.05, 0.1) is 11.2 Å². The van der Waals surface area contributed by atoms with Crippen LogP contribution in [0, 0.1) is 0 Å². The molecular formula is C29H19N. The van der Waals surface area contributed by atoms with Gasteiger partial charge >= 0.3 is 0 Å². The molecule has 0 aliphatic rings. The normalized spacial score (nSPS) is 11.3. The van der Waals surface area contributed by atoms with Crippen molar-refractivity contribution in [2.24, 2.45) is 0 Å². The lowest BCUT2D eigenvalue weighted by Crippen LogP contribution is -1.90. The molecule has 0 aliphatic carbocycles. The molecule has 0 unspecified atom stereocenters. The van der Waals surface area contributed by atoms with Crippen molar-refractivity contribution < 1.29 is 0 Å². The quantitative estimate of drug-likeness (QED) is 0.278. The van der Waals surface area contributed by atoms with Gasteiger partial charge in [0, 0.05) is 10.9 Å². The van der Waals surface area contributed by atoms with Crippen LogP contribution in [0.3, 0.4) is 0 Å². The maximum Gasteiger partial charge on any atom is 0.0716 e. The number of nitrogens with zero attached hydrogens (tertiary/aromatic N) is 1. The molecule has 0 atom stereocenters. The van der Waals surface area contributed by atoms with E-state index in [1.54, 1.807) is 0 Å². The molecule has 0 spiro atoms. The fraction of sp³-hybridized carbons (Fsp3) is 0. The average molecular weight is 381 g/mol. The topological polar surface area (TPSA) is 12.9 Å². The van der Waals surface area contributed by atoms with Crippen molar-refractivity contribution >= 4 is 32.4 Å². The summed E-state index contributed by atoms with van der Waals surface area (Å²) in [6.07, 6.45) is 0. The van der Waals surface area contributed by atoms with Crippen LogP contribution in [0.5, 0.6) is 0 Å². The van der Waals surface area contributed by atoms with Crippen molar-refractivity contribution in [1.82, 2.24) is 4.98 Å². The molecule has 6 aromatic rings. The Labute approximate surface area is 175 Å². The predicted octanol–water partition coefficient (Wildman–Crippen LogP) is 7.88. The maximum atomic E-state index is 5.00. The number of fused-ring (bicyclic) bond motifs is 4. The van der Waals surface area contributed by atoms with Crippen molar-refractivity contribution in [3.05, 3.63) is 115 Å². The second kappa shape index (κ2) is 6.82. The van der Waals surface area contributed by atoms with Crippen LogP contribution in [0.25, 0.3) is 54.8 Å². The summed E-state index contributed by atoms with van der Waals surface area (Å²) in [6.45, 7) is 0. The lowest BCUT2D eigenvalue weighted by molar-refractivity contribution is 1.40. The molecule has 140 valence electrons. The van der Waals surface area contributed by atoms with Gasteiger partial charge in [0.1, 0.15) is 0 Å². The molecule has 5 aromatic carbocycles. The summed E-state index contributed by atoms with van der Waals surface area (Å²) >= 11 is 0. The lowest BCUT2D eigenvalue weighted by atomic mass is 9.96. The standard InChI is InChI=1S/C29H19N/c1-2-8-20(9-3-1)27-19-29(30-28-13-7-6-12-26(27)28)23-16-17-25-22(18-23)15-14-21-10-4-5-11-24(21)25/h1-19H. The van der Waals surface area contributed by atoms with Gasteiger partial charge in [0.2, 0.25) is 0 Å². The van der Waals surface area contributed by atoms with E-state index in [1.165, 1.54) is 38.1 Å². The van der Waals surface area contributed by atoms with Crippen molar-refractivity contribution in [2.45, 2.75) is 0 Å². The monoisotopic (exact) mass is 381 g/mol. The highest BCUT2D eigenvalue weighted by molar-refractivity contribution is 6.08. The van der Waals surface area contributed by atoms with Crippen LogP contribution in [0.15, 0.2) is 115 Å². The van der Waals surface area contributed by atoms with E-state index in [9.17, 15) is 0 Å². The summed E-state index contributed by atoms with van der Waals surface area (Å²) in [7, 11) is 0. The second-order valence-corrected chi connectivity index (χ2v) is 7.66. The molecule has 1 heterocycles. The minimum Gasteiger partial charge on any atom is -0.248 e. The van der Waals surface area contributed by atoms with E-state index in [0.29, 0.717) is 0 Å². The Morgan fingerprint density at radius 3 is 2.03 bits per heavy atom. The highest BCUT2D eigenvalue weighted by Gasteiger charge is 2.10. The smallest absolute Gasteiger partial charge is 0.0716 e. The Morgan fingerprint density at radius 2 is 1.13 bits per heavy atom. The van der Waals surface area contributed by atoms with Crippen LogP contribution >= 0.6 is 0 Å². The molecule has 1 aromatic heterocycles. The van der Waals surface area contributed by atoms with Crippen molar-refractivity contribution in [1.29, 1.82) is 0 Å². The third-order valence-corrected chi connectivity index (χ3v) is 5.84. The number of para-hydroxylation sites is 1. The Kier molecular flexibility index (Phi) is 3.85. The third kappa shape index (κ3) is 2.75. The minimum absolute atomic E-state index is 1.00. The van der Waals surface area contributed by atoms with Crippen LogP contribution in [0.1, 0.15) is 0 Å². The molecule has 0 saturated heterocycles. The van der Waals surface area contributed by atoms with Gasteiger partial charge in [0.25, 0.3) is 0 Å². The molecular weight excluding hydrogens is 362 g/mol. The van der Waals surface area contributed by atoms with Gasteiger partial charge in [-0.15, -0.1) is 0 Å². The van der Waals surface area contributed by atoms with Crippen LogP contribution in [-0.2, 0) is 0 Å². The molecule has 0 amide bonds. The number of aromatic nitrogens is 1. The van der Waals surface area contributed by atoms with Gasteiger partial charge < -0.3 is 0 Å². The number of hydrogen-bond acceptors (Lipinski definition) is 1. The Bertz CT molecular complexity index is 1530. The molecule has 30 heavy (non-hydrogen) atoms. The summed E-state index contributed by atoms with van der Waals surface area (Å²) in [4.78, 5) is 5.00. The van der Waals surface area contributed by atoms with Gasteiger partial charge in [-0.3, -0.25) is 0 Å². The first kappa shape index (κ1) is 16.9. The zero-order valence-corrected chi connectivity index (χ0v) is 16.4. The largest absolute Gasteiger partial charge is 0.248 e. The van der Waals surface area contributed by atoms with Gasteiger partial charge in [0.15, 0.2) is 0 Å². The Hall–Kier alpha value is -3.97. The highest BCUT2D eigenvalue weighted by Crippen LogP contribution is 2.34. The molecule has 0 N–H and O–H groups in total. The zero-order valence-electron chi connectivity index (χ0n) is 16.4. The predicted molar refractivity (Wildman–Crippen MR) is 128 cm³/mol.